The minimum absolute atomic E-state index is 0. The number of hydrogen-bond acceptors (Lipinski definition) is 3. The third-order valence-corrected chi connectivity index (χ3v) is 3.36. The van der Waals surface area contributed by atoms with Crippen LogP contribution in [0.25, 0.3) is 0 Å². The predicted octanol–water partition coefficient (Wildman–Crippen LogP) is 3.16. The number of aromatic nitrogens is 1. The quantitative estimate of drug-likeness (QED) is 0.850. The van der Waals surface area contributed by atoms with Gasteiger partial charge in [0.25, 0.3) is 0 Å². The number of nitrogens with zero attached hydrogens (tertiary/aromatic N) is 2. The maximum atomic E-state index is 5.92. The van der Waals surface area contributed by atoms with E-state index in [0.29, 0.717) is 11.2 Å². The van der Waals surface area contributed by atoms with Gasteiger partial charge < -0.3 is 0 Å². The Kier molecular flexibility index (Phi) is 7.37. The van der Waals surface area contributed by atoms with Crippen molar-refractivity contribution in [3.63, 3.8) is 0 Å². The topological polar surface area (TPSA) is 28.2 Å². The zero-order chi connectivity index (χ0) is 10.8. The Morgan fingerprint density at radius 1 is 1.47 bits per heavy atom. The molecule has 1 saturated heterocycles. The van der Waals surface area contributed by atoms with Crippen LogP contribution in [0.5, 0.6) is 0 Å². The summed E-state index contributed by atoms with van der Waals surface area (Å²) in [5, 5.41) is 2.86. The standard InChI is InChI=1S/C11H16ClN3.2ClH/c1-8-6-9(7-14-11(8)12)10-4-3-5-15(10)13-2;;/h6-7,10,13H,3-5H2,1-2H3;2*1H/t10-;;/m0../s1. The number of nitrogens with one attached hydrogen (secondary N) is 1. The first-order valence-corrected chi connectivity index (χ1v) is 5.66. The Bertz CT molecular complexity index is 360. The van der Waals surface area contributed by atoms with E-state index in [2.05, 4.69) is 21.5 Å². The van der Waals surface area contributed by atoms with Gasteiger partial charge in [-0.1, -0.05) is 11.6 Å². The number of aryl methyl sites for hydroxylation is 1. The highest BCUT2D eigenvalue weighted by Gasteiger charge is 2.25. The number of hydrogen-bond donors (Lipinski definition) is 1. The number of halogens is 3. The molecule has 0 aliphatic carbocycles. The molecule has 2 rings (SSSR count). The molecule has 0 radical (unpaired) electrons. The Morgan fingerprint density at radius 3 is 2.76 bits per heavy atom. The summed E-state index contributed by atoms with van der Waals surface area (Å²) in [6, 6.07) is 2.58. The molecule has 0 unspecified atom stereocenters. The molecule has 98 valence electrons. The third-order valence-electron chi connectivity index (χ3n) is 2.96. The zero-order valence-corrected chi connectivity index (χ0v) is 12.3. The fraction of sp³-hybridized carbons (Fsp3) is 0.545. The molecule has 3 nitrogen and oxygen atoms in total. The lowest BCUT2D eigenvalue weighted by Gasteiger charge is -2.23. The van der Waals surface area contributed by atoms with Crippen LogP contribution in [0, 0.1) is 6.92 Å². The Balaban J connectivity index is 0.00000128. The van der Waals surface area contributed by atoms with Crippen LogP contribution < -0.4 is 5.43 Å². The molecule has 1 aromatic heterocycles. The molecule has 1 fully saturated rings. The molecule has 0 bridgehead atoms. The average Bonchev–Trinajstić information content (AvgIpc) is 2.70. The van der Waals surface area contributed by atoms with Crippen molar-refractivity contribution in [2.24, 2.45) is 0 Å². The highest BCUT2D eigenvalue weighted by atomic mass is 35.5. The summed E-state index contributed by atoms with van der Waals surface area (Å²) in [5.74, 6) is 0. The second-order valence-electron chi connectivity index (χ2n) is 3.95. The van der Waals surface area contributed by atoms with Gasteiger partial charge in [-0.25, -0.2) is 9.99 Å². The van der Waals surface area contributed by atoms with Crippen LogP contribution in [0.4, 0.5) is 0 Å². The van der Waals surface area contributed by atoms with E-state index >= 15 is 0 Å². The fourth-order valence-electron chi connectivity index (χ4n) is 2.14. The molecule has 0 spiro atoms. The summed E-state index contributed by atoms with van der Waals surface area (Å²) >= 11 is 5.92. The van der Waals surface area contributed by atoms with Gasteiger partial charge in [-0.15, -0.1) is 24.8 Å². The lowest BCUT2D eigenvalue weighted by Crippen LogP contribution is -2.34. The average molecular weight is 299 g/mol. The SMILES string of the molecule is CNN1CCC[C@H]1c1cnc(Cl)c(C)c1.Cl.Cl. The summed E-state index contributed by atoms with van der Waals surface area (Å²) in [6.45, 7) is 3.10. The molecule has 1 atom stereocenters. The number of hydrazine groups is 1. The van der Waals surface area contributed by atoms with Crippen molar-refractivity contribution in [2.75, 3.05) is 13.6 Å². The van der Waals surface area contributed by atoms with Crippen LogP contribution in [0.3, 0.4) is 0 Å². The lowest BCUT2D eigenvalue weighted by molar-refractivity contribution is 0.190. The van der Waals surface area contributed by atoms with Crippen molar-refractivity contribution >= 4 is 36.4 Å². The third kappa shape index (κ3) is 3.70. The summed E-state index contributed by atoms with van der Waals surface area (Å²) in [7, 11) is 1.97. The fourth-order valence-corrected chi connectivity index (χ4v) is 2.25. The molecule has 17 heavy (non-hydrogen) atoms. The van der Waals surface area contributed by atoms with Crippen molar-refractivity contribution in [3.05, 3.63) is 28.5 Å². The molecule has 1 N–H and O–H groups in total. The Hall–Kier alpha value is -0.0600. The van der Waals surface area contributed by atoms with Gasteiger partial charge >= 0.3 is 0 Å². The smallest absolute Gasteiger partial charge is 0.131 e. The minimum atomic E-state index is 0. The van der Waals surface area contributed by atoms with Crippen LogP contribution in [-0.4, -0.2) is 23.6 Å². The lowest BCUT2D eigenvalue weighted by atomic mass is 10.1. The molecule has 1 aromatic rings. The van der Waals surface area contributed by atoms with Gasteiger partial charge in [-0.2, -0.15) is 0 Å². The summed E-state index contributed by atoms with van der Waals surface area (Å²) in [4.78, 5) is 4.20. The van der Waals surface area contributed by atoms with E-state index < -0.39 is 0 Å². The van der Waals surface area contributed by atoms with Crippen LogP contribution in [-0.2, 0) is 0 Å². The molecule has 2 heterocycles. The monoisotopic (exact) mass is 297 g/mol. The van der Waals surface area contributed by atoms with Crippen molar-refractivity contribution in [1.82, 2.24) is 15.4 Å². The van der Waals surface area contributed by atoms with Gasteiger partial charge in [0, 0.05) is 12.7 Å². The second-order valence-corrected chi connectivity index (χ2v) is 4.31. The largest absolute Gasteiger partial charge is 0.258 e. The minimum Gasteiger partial charge on any atom is -0.258 e. The van der Waals surface area contributed by atoms with Crippen molar-refractivity contribution in [3.8, 4) is 0 Å². The summed E-state index contributed by atoms with van der Waals surface area (Å²) in [5.41, 5.74) is 5.53. The Morgan fingerprint density at radius 2 is 2.18 bits per heavy atom. The van der Waals surface area contributed by atoms with E-state index in [1.54, 1.807) is 0 Å². The van der Waals surface area contributed by atoms with Gasteiger partial charge in [0.2, 0.25) is 0 Å². The van der Waals surface area contributed by atoms with E-state index in [9.17, 15) is 0 Å². The molecule has 1 aliphatic heterocycles. The van der Waals surface area contributed by atoms with E-state index in [1.165, 1.54) is 18.4 Å². The molecule has 0 saturated carbocycles. The van der Waals surface area contributed by atoms with Gasteiger partial charge in [-0.3, -0.25) is 5.43 Å². The molecule has 0 aromatic carbocycles. The van der Waals surface area contributed by atoms with E-state index in [-0.39, 0.29) is 24.8 Å². The van der Waals surface area contributed by atoms with Crippen molar-refractivity contribution in [2.45, 2.75) is 25.8 Å². The maximum Gasteiger partial charge on any atom is 0.131 e. The van der Waals surface area contributed by atoms with Crippen molar-refractivity contribution in [1.29, 1.82) is 0 Å². The van der Waals surface area contributed by atoms with Crippen LogP contribution in [0.2, 0.25) is 5.15 Å². The molecule has 6 heteroatoms. The predicted molar refractivity (Wildman–Crippen MR) is 76.2 cm³/mol. The number of pyridine rings is 1. The van der Waals surface area contributed by atoms with E-state index in [0.717, 1.165) is 12.1 Å². The van der Waals surface area contributed by atoms with Gasteiger partial charge in [0.05, 0.1) is 6.04 Å². The normalized spacial score (nSPS) is 19.6. The zero-order valence-electron chi connectivity index (χ0n) is 9.94. The summed E-state index contributed by atoms with van der Waals surface area (Å²) in [6.07, 6.45) is 4.30. The van der Waals surface area contributed by atoms with Crippen LogP contribution in [0.1, 0.15) is 30.0 Å². The van der Waals surface area contributed by atoms with Gasteiger partial charge in [-0.05, 0) is 44.0 Å². The molecule has 1 aliphatic rings. The van der Waals surface area contributed by atoms with Crippen molar-refractivity contribution < 1.29 is 0 Å². The highest BCUT2D eigenvalue weighted by Crippen LogP contribution is 2.30. The second kappa shape index (κ2) is 7.39. The van der Waals surface area contributed by atoms with Gasteiger partial charge in [0.15, 0.2) is 0 Å². The van der Waals surface area contributed by atoms with E-state index in [1.807, 2.05) is 20.2 Å². The maximum absolute atomic E-state index is 5.92. The highest BCUT2D eigenvalue weighted by molar-refractivity contribution is 6.30. The first-order chi connectivity index (χ1) is 7.22. The molecule has 0 amide bonds. The first kappa shape index (κ1) is 16.9. The van der Waals surface area contributed by atoms with E-state index in [4.69, 9.17) is 11.6 Å². The number of rotatable bonds is 2. The summed E-state index contributed by atoms with van der Waals surface area (Å²) < 4.78 is 0. The molecular formula is C11H18Cl3N3. The van der Waals surface area contributed by atoms with Crippen LogP contribution >= 0.6 is 36.4 Å². The van der Waals surface area contributed by atoms with Crippen LogP contribution in [0.15, 0.2) is 12.3 Å². The molecular weight excluding hydrogens is 281 g/mol. The van der Waals surface area contributed by atoms with Gasteiger partial charge in [0.1, 0.15) is 5.15 Å². The first-order valence-electron chi connectivity index (χ1n) is 5.28. The Labute approximate surface area is 120 Å².